The molecule has 0 radical (unpaired) electrons. The van der Waals surface area contributed by atoms with Crippen molar-refractivity contribution in [2.45, 2.75) is 0 Å². The van der Waals surface area contributed by atoms with Crippen molar-refractivity contribution in [2.24, 2.45) is 0 Å². The van der Waals surface area contributed by atoms with Crippen molar-refractivity contribution in [3.8, 4) is 0 Å². The van der Waals surface area contributed by atoms with Crippen molar-refractivity contribution in [1.82, 2.24) is 0 Å². The van der Waals surface area contributed by atoms with Crippen LogP contribution in [-0.4, -0.2) is 7.25 Å². The second kappa shape index (κ2) is 2.78. The molecule has 0 spiro atoms. The van der Waals surface area contributed by atoms with Gasteiger partial charge in [-0.15, -0.1) is 0 Å². The van der Waals surface area contributed by atoms with E-state index in [1.165, 1.54) is 0 Å². The van der Waals surface area contributed by atoms with E-state index >= 15 is 0 Å². The van der Waals surface area contributed by atoms with Gasteiger partial charge in [-0.05, 0) is 0 Å². The van der Waals surface area contributed by atoms with Gasteiger partial charge in [0.25, 0.3) is 0 Å². The van der Waals surface area contributed by atoms with Crippen LogP contribution in [0.4, 0.5) is 17.3 Å². The molecule has 6 heavy (non-hydrogen) atoms. The van der Waals surface area contributed by atoms with Gasteiger partial charge in [0.2, 0.25) is 0 Å². The van der Waals surface area contributed by atoms with Gasteiger partial charge >= 0.3 is 7.25 Å². The number of hydrogen-bond donors (Lipinski definition) is 0. The predicted molar refractivity (Wildman–Crippen MR) is 10.2 cm³/mol. The molecule has 0 aromatic rings. The van der Waals surface area contributed by atoms with Gasteiger partial charge in [0.05, 0.1) is 0 Å². The molecule has 0 bridgehead atoms. The van der Waals surface area contributed by atoms with E-state index in [1.807, 2.05) is 0 Å². The van der Waals surface area contributed by atoms with E-state index < -0.39 is 7.25 Å². The van der Waals surface area contributed by atoms with Crippen LogP contribution >= 0.6 is 0 Å². The molecule has 0 nitrogen and oxygen atoms in total. The Hall–Kier alpha value is 0.668. The summed E-state index contributed by atoms with van der Waals surface area (Å²) in [5, 5.41) is 0. The van der Waals surface area contributed by atoms with Gasteiger partial charge in [0.1, 0.15) is 0 Å². The second-order valence-corrected chi connectivity index (χ2v) is 0.495. The van der Waals surface area contributed by atoms with Crippen LogP contribution in [0.5, 0.6) is 0 Å². The van der Waals surface area contributed by atoms with E-state index in [2.05, 4.69) is 0 Å². The van der Waals surface area contributed by atoms with E-state index in [9.17, 15) is 17.3 Å². The molecule has 0 saturated heterocycles. The van der Waals surface area contributed by atoms with E-state index in [0.717, 1.165) is 0 Å². The van der Waals surface area contributed by atoms with Gasteiger partial charge < -0.3 is 17.3 Å². The van der Waals surface area contributed by atoms with Crippen LogP contribution in [0.1, 0.15) is 0 Å². The summed E-state index contributed by atoms with van der Waals surface area (Å²) in [5.74, 6) is 0. The van der Waals surface area contributed by atoms with Gasteiger partial charge in [0.15, 0.2) is 0 Å². The van der Waals surface area contributed by atoms with E-state index in [0.29, 0.717) is 0 Å². The largest absolute Gasteiger partial charge is 0.673 e. The number of rotatable bonds is 0. The summed E-state index contributed by atoms with van der Waals surface area (Å²) < 4.78 is 39.0. The van der Waals surface area contributed by atoms with Crippen LogP contribution in [0.15, 0.2) is 0 Å². The standard InChI is InChI=1S/BF4.Zr/c2-1(3,4)5;/q-1;. The van der Waals surface area contributed by atoms with Crippen LogP contribution in [0, 0.1) is 0 Å². The first-order valence-electron chi connectivity index (χ1n) is 0.873. The van der Waals surface area contributed by atoms with Crippen LogP contribution in [0.2, 0.25) is 0 Å². The van der Waals surface area contributed by atoms with E-state index in [1.54, 1.807) is 0 Å². The summed E-state index contributed by atoms with van der Waals surface area (Å²) in [6, 6.07) is 0. The fourth-order valence-electron chi connectivity index (χ4n) is 0. The van der Waals surface area contributed by atoms with Gasteiger partial charge in [-0.2, -0.15) is 0 Å². The van der Waals surface area contributed by atoms with Crippen LogP contribution in [0.25, 0.3) is 0 Å². The van der Waals surface area contributed by atoms with E-state index in [-0.39, 0.29) is 26.2 Å². The molecule has 0 unspecified atom stereocenters. The molecule has 0 saturated carbocycles. The Labute approximate surface area is 51.1 Å². The second-order valence-electron chi connectivity index (χ2n) is 0.495. The Bertz CT molecular complexity index is 23.0. The molecule has 0 fully saturated rings. The maximum Gasteiger partial charge on any atom is 0.673 e. The fraction of sp³-hybridized carbons (Fsp3) is 0. The zero-order chi connectivity index (χ0) is 4.50. The van der Waals surface area contributed by atoms with Crippen molar-refractivity contribution < 1.29 is 43.5 Å². The van der Waals surface area contributed by atoms with Gasteiger partial charge in [0, 0.05) is 26.2 Å². The molecule has 36 valence electrons. The summed E-state index contributed by atoms with van der Waals surface area (Å²) in [4.78, 5) is 0. The molecule has 0 rings (SSSR count). The zero-order valence-electron chi connectivity index (χ0n) is 2.59. The molecule has 0 aliphatic heterocycles. The summed E-state index contributed by atoms with van der Waals surface area (Å²) in [7, 11) is -6.00. The van der Waals surface area contributed by atoms with Crippen LogP contribution < -0.4 is 0 Å². The first-order valence-corrected chi connectivity index (χ1v) is 0.873. The smallest absolute Gasteiger partial charge is 0.418 e. The molecule has 0 aromatic heterocycles. The summed E-state index contributed by atoms with van der Waals surface area (Å²) >= 11 is 0. The molecule has 0 heterocycles. The minimum Gasteiger partial charge on any atom is -0.418 e. The molecular formula is BF4Zr-. The van der Waals surface area contributed by atoms with Crippen molar-refractivity contribution in [1.29, 1.82) is 0 Å². The third-order valence-electron chi connectivity index (χ3n) is 0. The molecule has 6 heteroatoms. The maximum absolute atomic E-state index is 9.75. The first kappa shape index (κ1) is 9.83. The Kier molecular flexibility index (Phi) is 4.55. The minimum atomic E-state index is -6.00. The van der Waals surface area contributed by atoms with E-state index in [4.69, 9.17) is 0 Å². The average molecular weight is 178 g/mol. The molecule has 0 aliphatic carbocycles. The molecular weight excluding hydrogens is 178 g/mol. The molecule has 0 N–H and O–H groups in total. The Morgan fingerprint density at radius 2 is 0.833 bits per heavy atom. The predicted octanol–water partition coefficient (Wildman–Crippen LogP) is 1.30. The maximum atomic E-state index is 9.75. The monoisotopic (exact) mass is 177 g/mol. The van der Waals surface area contributed by atoms with Crippen LogP contribution in [-0.2, 0) is 26.2 Å². The normalized spacial score (nSPS) is 10.0. The first-order chi connectivity index (χ1) is 2.00. The Morgan fingerprint density at radius 3 is 0.833 bits per heavy atom. The summed E-state index contributed by atoms with van der Waals surface area (Å²) in [6.07, 6.45) is 0. The topological polar surface area (TPSA) is 0 Å². The average Bonchev–Trinajstić information content (AvgIpc) is 0.722. The number of halogens is 4. The van der Waals surface area contributed by atoms with Gasteiger partial charge in [-0.1, -0.05) is 0 Å². The summed E-state index contributed by atoms with van der Waals surface area (Å²) in [6.45, 7) is 0. The molecule has 0 amide bonds. The third-order valence-corrected chi connectivity index (χ3v) is 0. The van der Waals surface area contributed by atoms with Crippen molar-refractivity contribution in [3.05, 3.63) is 0 Å². The van der Waals surface area contributed by atoms with Gasteiger partial charge in [-0.3, -0.25) is 0 Å². The SMILES string of the molecule is F[B-](F)(F)F.[Zr]. The van der Waals surface area contributed by atoms with Crippen LogP contribution in [0.3, 0.4) is 0 Å². The molecule has 0 atom stereocenters. The Balaban J connectivity index is 0. The van der Waals surface area contributed by atoms with Gasteiger partial charge in [-0.25, -0.2) is 0 Å². The Morgan fingerprint density at radius 1 is 0.833 bits per heavy atom. The third kappa shape index (κ3) is 141. The molecule has 0 aromatic carbocycles. The minimum absolute atomic E-state index is 0. The zero-order valence-corrected chi connectivity index (χ0v) is 5.05. The quantitative estimate of drug-likeness (QED) is 0.387. The van der Waals surface area contributed by atoms with Crippen molar-refractivity contribution in [3.63, 3.8) is 0 Å². The van der Waals surface area contributed by atoms with Crippen molar-refractivity contribution >= 4 is 7.25 Å². The fourth-order valence-corrected chi connectivity index (χ4v) is 0. The molecule has 0 aliphatic rings. The number of hydrogen-bond acceptors (Lipinski definition) is 0. The summed E-state index contributed by atoms with van der Waals surface area (Å²) in [5.41, 5.74) is 0. The van der Waals surface area contributed by atoms with Crippen molar-refractivity contribution in [2.75, 3.05) is 0 Å².